The van der Waals surface area contributed by atoms with E-state index in [9.17, 15) is 9.59 Å². The average Bonchev–Trinajstić information content (AvgIpc) is 3.08. The summed E-state index contributed by atoms with van der Waals surface area (Å²) in [6, 6.07) is 12.8. The second-order valence-corrected chi connectivity index (χ2v) is 9.47. The summed E-state index contributed by atoms with van der Waals surface area (Å²) < 4.78 is 13.5. The summed E-state index contributed by atoms with van der Waals surface area (Å²) in [7, 11) is 1.60. The maximum Gasteiger partial charge on any atom is 0.338 e. The Balaban J connectivity index is 1.93. The van der Waals surface area contributed by atoms with Crippen LogP contribution in [0.15, 0.2) is 68.0 Å². The number of carbonyl (C=O) groups excluding carboxylic acids is 1. The monoisotopic (exact) mass is 526 g/mol. The van der Waals surface area contributed by atoms with Gasteiger partial charge in [0.25, 0.3) is 5.56 Å². The van der Waals surface area contributed by atoms with Gasteiger partial charge in [0.2, 0.25) is 0 Å². The second kappa shape index (κ2) is 9.49. The van der Waals surface area contributed by atoms with Crippen LogP contribution in [0.5, 0.6) is 5.75 Å². The smallest absolute Gasteiger partial charge is 0.338 e. The Kier molecular flexibility index (Phi) is 6.67. The van der Waals surface area contributed by atoms with Gasteiger partial charge in [0.15, 0.2) is 4.80 Å². The van der Waals surface area contributed by atoms with Crippen LogP contribution in [0.3, 0.4) is 0 Å². The van der Waals surface area contributed by atoms with Crippen LogP contribution in [-0.4, -0.2) is 24.3 Å². The first-order valence-corrected chi connectivity index (χ1v) is 12.0. The van der Waals surface area contributed by atoms with Crippen molar-refractivity contribution in [3.8, 4) is 5.75 Å². The molecule has 4 rings (SSSR count). The van der Waals surface area contributed by atoms with Crippen molar-refractivity contribution in [2.75, 3.05) is 13.7 Å². The Morgan fingerprint density at radius 1 is 1.21 bits per heavy atom. The number of benzene rings is 2. The molecular formula is C25H23BrN2O4S. The number of ether oxygens (including phenoxy) is 2. The normalized spacial score (nSPS) is 15.8. The van der Waals surface area contributed by atoms with Crippen molar-refractivity contribution in [3.05, 3.63) is 94.6 Å². The number of fused-ring (bicyclic) bond motifs is 1. The van der Waals surface area contributed by atoms with E-state index in [-0.39, 0.29) is 12.2 Å². The quantitative estimate of drug-likeness (QED) is 0.473. The topological polar surface area (TPSA) is 69.9 Å². The van der Waals surface area contributed by atoms with Crippen LogP contribution < -0.4 is 19.6 Å². The van der Waals surface area contributed by atoms with E-state index in [0.29, 0.717) is 26.4 Å². The number of allylic oxidation sites excluding steroid dienone is 1. The van der Waals surface area contributed by atoms with Crippen molar-refractivity contribution in [2.45, 2.75) is 26.8 Å². The van der Waals surface area contributed by atoms with Crippen molar-refractivity contribution in [1.29, 1.82) is 0 Å². The zero-order valence-electron chi connectivity index (χ0n) is 18.7. The molecule has 1 aliphatic heterocycles. The van der Waals surface area contributed by atoms with Crippen molar-refractivity contribution in [2.24, 2.45) is 4.99 Å². The number of aromatic nitrogens is 1. The number of hydrogen-bond donors (Lipinski definition) is 0. The van der Waals surface area contributed by atoms with Gasteiger partial charge in [-0.15, -0.1) is 0 Å². The molecule has 8 heteroatoms. The van der Waals surface area contributed by atoms with Gasteiger partial charge in [-0.3, -0.25) is 9.36 Å². The standard InChI is InChI=1S/C25H23BrN2O4S/c1-5-32-24(30)21-15(3)27-25-28(22(21)17-9-6-14(2)7-10-17)23(29)20(33-25)13-16-8-11-19(31-4)18(26)12-16/h6-13,22H,5H2,1-4H3/b20-13-. The number of esters is 1. The molecule has 170 valence electrons. The first-order chi connectivity index (χ1) is 15.8. The van der Waals surface area contributed by atoms with Gasteiger partial charge in [-0.05, 0) is 66.0 Å². The van der Waals surface area contributed by atoms with E-state index >= 15 is 0 Å². The third-order valence-electron chi connectivity index (χ3n) is 5.38. The summed E-state index contributed by atoms with van der Waals surface area (Å²) in [5.74, 6) is 0.250. The van der Waals surface area contributed by atoms with Gasteiger partial charge in [-0.2, -0.15) is 0 Å². The summed E-state index contributed by atoms with van der Waals surface area (Å²) in [5, 5.41) is 0. The lowest BCUT2D eigenvalue weighted by molar-refractivity contribution is -0.139. The molecule has 0 saturated heterocycles. The number of nitrogens with zero attached hydrogens (tertiary/aromatic N) is 2. The first-order valence-electron chi connectivity index (χ1n) is 10.4. The van der Waals surface area contributed by atoms with Crippen LogP contribution in [0.1, 0.15) is 36.6 Å². The minimum absolute atomic E-state index is 0.203. The summed E-state index contributed by atoms with van der Waals surface area (Å²) in [6.07, 6.45) is 1.82. The van der Waals surface area contributed by atoms with Crippen molar-refractivity contribution < 1.29 is 14.3 Å². The van der Waals surface area contributed by atoms with E-state index in [1.807, 2.05) is 55.5 Å². The fourth-order valence-electron chi connectivity index (χ4n) is 3.78. The van der Waals surface area contributed by atoms with Crippen molar-refractivity contribution in [1.82, 2.24) is 4.57 Å². The third-order valence-corrected chi connectivity index (χ3v) is 6.99. The molecule has 2 aromatic carbocycles. The highest BCUT2D eigenvalue weighted by Crippen LogP contribution is 2.31. The van der Waals surface area contributed by atoms with Crippen molar-refractivity contribution in [3.63, 3.8) is 0 Å². The Labute approximate surface area is 203 Å². The Hall–Kier alpha value is -2.97. The van der Waals surface area contributed by atoms with E-state index in [1.54, 1.807) is 25.5 Å². The fourth-order valence-corrected chi connectivity index (χ4v) is 5.38. The Morgan fingerprint density at radius 3 is 2.58 bits per heavy atom. The van der Waals surface area contributed by atoms with Crippen LogP contribution in [0.4, 0.5) is 0 Å². The lowest BCUT2D eigenvalue weighted by Crippen LogP contribution is -2.39. The van der Waals surface area contributed by atoms with Gasteiger partial charge in [-0.1, -0.05) is 47.2 Å². The van der Waals surface area contributed by atoms with Crippen LogP contribution >= 0.6 is 27.3 Å². The largest absolute Gasteiger partial charge is 0.496 e. The Morgan fingerprint density at radius 2 is 1.94 bits per heavy atom. The van der Waals surface area contributed by atoms with Crippen LogP contribution in [0, 0.1) is 6.92 Å². The summed E-state index contributed by atoms with van der Waals surface area (Å²) in [5.41, 5.74) is 3.50. The molecule has 0 aliphatic carbocycles. The molecule has 0 saturated carbocycles. The highest BCUT2D eigenvalue weighted by molar-refractivity contribution is 9.10. The van der Waals surface area contributed by atoms with Crippen molar-refractivity contribution >= 4 is 39.3 Å². The first kappa shape index (κ1) is 23.2. The molecule has 0 bridgehead atoms. The molecule has 0 N–H and O–H groups in total. The summed E-state index contributed by atoms with van der Waals surface area (Å²) >= 11 is 4.79. The van der Waals surface area contributed by atoms with Gasteiger partial charge in [0.1, 0.15) is 5.75 Å². The SMILES string of the molecule is CCOC(=O)C1=C(C)N=c2s/c(=C\c3ccc(OC)c(Br)c3)c(=O)n2C1c1ccc(C)cc1. The molecular weight excluding hydrogens is 504 g/mol. The molecule has 0 amide bonds. The predicted octanol–water partition coefficient (Wildman–Crippen LogP) is 3.88. The predicted molar refractivity (Wildman–Crippen MR) is 132 cm³/mol. The summed E-state index contributed by atoms with van der Waals surface area (Å²) in [6.45, 7) is 5.78. The molecule has 0 fully saturated rings. The maximum absolute atomic E-state index is 13.6. The van der Waals surface area contributed by atoms with E-state index in [0.717, 1.165) is 21.2 Å². The number of methoxy groups -OCH3 is 1. The molecule has 33 heavy (non-hydrogen) atoms. The number of thiazole rings is 1. The number of hydrogen-bond acceptors (Lipinski definition) is 6. The van der Waals surface area contributed by atoms with E-state index in [2.05, 4.69) is 20.9 Å². The van der Waals surface area contributed by atoms with Gasteiger partial charge in [-0.25, -0.2) is 9.79 Å². The second-order valence-electron chi connectivity index (χ2n) is 7.61. The van der Waals surface area contributed by atoms with Crippen LogP contribution in [0.2, 0.25) is 0 Å². The molecule has 1 atom stereocenters. The average molecular weight is 527 g/mol. The molecule has 0 spiro atoms. The molecule has 1 aromatic heterocycles. The van der Waals surface area contributed by atoms with E-state index in [4.69, 9.17) is 9.47 Å². The highest BCUT2D eigenvalue weighted by atomic mass is 79.9. The lowest BCUT2D eigenvalue weighted by Gasteiger charge is -2.24. The zero-order chi connectivity index (χ0) is 23.7. The van der Waals surface area contributed by atoms with Gasteiger partial charge in [0, 0.05) is 0 Å². The molecule has 3 aromatic rings. The third kappa shape index (κ3) is 4.45. The van der Waals surface area contributed by atoms with Crippen LogP contribution in [0.25, 0.3) is 6.08 Å². The Bertz CT molecular complexity index is 1430. The minimum Gasteiger partial charge on any atom is -0.496 e. The fraction of sp³-hybridized carbons (Fsp3) is 0.240. The van der Waals surface area contributed by atoms with Gasteiger partial charge >= 0.3 is 5.97 Å². The summed E-state index contributed by atoms with van der Waals surface area (Å²) in [4.78, 5) is 31.6. The molecule has 6 nitrogen and oxygen atoms in total. The molecule has 1 aliphatic rings. The maximum atomic E-state index is 13.6. The molecule has 0 radical (unpaired) electrons. The molecule has 2 heterocycles. The zero-order valence-corrected chi connectivity index (χ0v) is 21.1. The molecule has 1 unspecified atom stereocenters. The van der Waals surface area contributed by atoms with E-state index < -0.39 is 12.0 Å². The highest BCUT2D eigenvalue weighted by Gasteiger charge is 2.33. The number of halogens is 1. The van der Waals surface area contributed by atoms with Gasteiger partial charge in [0.05, 0.1) is 40.0 Å². The van der Waals surface area contributed by atoms with Gasteiger partial charge < -0.3 is 9.47 Å². The van der Waals surface area contributed by atoms with Crippen LogP contribution in [-0.2, 0) is 9.53 Å². The number of carbonyl (C=O) groups is 1. The van der Waals surface area contributed by atoms with E-state index in [1.165, 1.54) is 11.3 Å². The number of rotatable bonds is 5. The number of aryl methyl sites for hydroxylation is 1. The lowest BCUT2D eigenvalue weighted by atomic mass is 9.95. The minimum atomic E-state index is -0.606.